The average molecular weight is 321 g/mol. The fraction of sp³-hybridized carbons (Fsp3) is 0.312. The number of aliphatic carboxylic acids is 1. The number of furan rings is 1. The highest BCUT2D eigenvalue weighted by atomic mass is 35.5. The summed E-state index contributed by atoms with van der Waals surface area (Å²) in [5.74, 6) is -0.401. The van der Waals surface area contributed by atoms with Crippen molar-refractivity contribution in [2.24, 2.45) is 0 Å². The molecular weight excluding hydrogens is 304 g/mol. The largest absolute Gasteiger partial charge is 0.480 e. The third-order valence-electron chi connectivity index (χ3n) is 3.92. The van der Waals surface area contributed by atoms with E-state index in [4.69, 9.17) is 16.0 Å². The monoisotopic (exact) mass is 320 g/mol. The van der Waals surface area contributed by atoms with E-state index in [1.54, 1.807) is 12.1 Å². The molecule has 2 heterocycles. The van der Waals surface area contributed by atoms with E-state index in [-0.39, 0.29) is 0 Å². The fourth-order valence-electron chi connectivity index (χ4n) is 2.79. The molecule has 1 N–H and O–H groups in total. The van der Waals surface area contributed by atoms with Crippen LogP contribution in [0.1, 0.15) is 11.8 Å². The Kier molecular flexibility index (Phi) is 4.36. The number of carboxylic acids is 1. The predicted molar refractivity (Wildman–Crippen MR) is 84.3 cm³/mol. The molecule has 1 unspecified atom stereocenters. The Morgan fingerprint density at radius 1 is 1.14 bits per heavy atom. The standard InChI is InChI=1S/C16H17ClN2O3/c17-12-3-5-13(6-4-12)18-7-9-19(10-8-18)15(16(20)21)14-2-1-11-22-14/h1-6,11,15H,7-10H2,(H,20,21). The molecular formula is C16H17ClN2O3. The third kappa shape index (κ3) is 3.10. The lowest BCUT2D eigenvalue weighted by Gasteiger charge is -2.38. The van der Waals surface area contributed by atoms with Gasteiger partial charge in [0.2, 0.25) is 0 Å². The highest BCUT2D eigenvalue weighted by molar-refractivity contribution is 6.30. The Morgan fingerprint density at radius 3 is 2.36 bits per heavy atom. The van der Waals surface area contributed by atoms with Crippen molar-refractivity contribution in [1.82, 2.24) is 4.90 Å². The maximum absolute atomic E-state index is 11.6. The summed E-state index contributed by atoms with van der Waals surface area (Å²) in [6.45, 7) is 2.87. The maximum atomic E-state index is 11.6. The number of piperazine rings is 1. The first kappa shape index (κ1) is 14.9. The Labute approximate surface area is 133 Å². The molecule has 0 saturated carbocycles. The van der Waals surface area contributed by atoms with E-state index in [2.05, 4.69) is 4.90 Å². The number of anilines is 1. The lowest BCUT2D eigenvalue weighted by molar-refractivity contribution is -0.144. The second-order valence-corrected chi connectivity index (χ2v) is 5.69. The molecule has 5 nitrogen and oxygen atoms in total. The smallest absolute Gasteiger partial charge is 0.328 e. The van der Waals surface area contributed by atoms with Crippen molar-refractivity contribution in [3.63, 3.8) is 0 Å². The number of hydrogen-bond acceptors (Lipinski definition) is 4. The van der Waals surface area contributed by atoms with Crippen LogP contribution in [0.5, 0.6) is 0 Å². The van der Waals surface area contributed by atoms with Crippen LogP contribution in [0.4, 0.5) is 5.69 Å². The minimum atomic E-state index is -0.880. The Bertz CT molecular complexity index is 619. The summed E-state index contributed by atoms with van der Waals surface area (Å²) < 4.78 is 5.28. The van der Waals surface area contributed by atoms with Gasteiger partial charge in [-0.05, 0) is 36.4 Å². The average Bonchev–Trinajstić information content (AvgIpc) is 3.03. The molecule has 2 aromatic rings. The third-order valence-corrected chi connectivity index (χ3v) is 4.17. The molecule has 1 atom stereocenters. The Morgan fingerprint density at radius 2 is 1.82 bits per heavy atom. The zero-order valence-corrected chi connectivity index (χ0v) is 12.7. The number of carboxylic acid groups (broad SMARTS) is 1. The van der Waals surface area contributed by atoms with E-state index in [0.29, 0.717) is 23.9 Å². The number of halogens is 1. The number of hydrogen-bond donors (Lipinski definition) is 1. The zero-order valence-electron chi connectivity index (χ0n) is 12.0. The molecule has 1 saturated heterocycles. The van der Waals surface area contributed by atoms with Crippen LogP contribution in [0.15, 0.2) is 47.1 Å². The van der Waals surface area contributed by atoms with E-state index in [1.807, 2.05) is 29.2 Å². The van der Waals surface area contributed by atoms with Crippen LogP contribution in [-0.4, -0.2) is 42.2 Å². The SMILES string of the molecule is O=C(O)C(c1ccco1)N1CCN(c2ccc(Cl)cc2)CC1. The number of nitrogens with zero attached hydrogens (tertiary/aromatic N) is 2. The molecule has 3 rings (SSSR count). The highest BCUT2D eigenvalue weighted by Crippen LogP contribution is 2.25. The van der Waals surface area contributed by atoms with Crippen molar-refractivity contribution in [2.45, 2.75) is 6.04 Å². The summed E-state index contributed by atoms with van der Waals surface area (Å²) in [6, 6.07) is 10.4. The van der Waals surface area contributed by atoms with Gasteiger partial charge in [0.1, 0.15) is 5.76 Å². The Hall–Kier alpha value is -1.98. The minimum absolute atomic E-state index is 0.479. The lowest BCUT2D eigenvalue weighted by Crippen LogP contribution is -2.49. The van der Waals surface area contributed by atoms with Crippen LogP contribution in [0, 0.1) is 0 Å². The minimum Gasteiger partial charge on any atom is -0.480 e. The summed E-state index contributed by atoms with van der Waals surface area (Å²) in [6.07, 6.45) is 1.51. The second kappa shape index (κ2) is 6.42. The van der Waals surface area contributed by atoms with Gasteiger partial charge in [0, 0.05) is 36.9 Å². The molecule has 0 spiro atoms. The van der Waals surface area contributed by atoms with Crippen molar-refractivity contribution < 1.29 is 14.3 Å². The van der Waals surface area contributed by atoms with Crippen LogP contribution in [0.2, 0.25) is 5.02 Å². The van der Waals surface area contributed by atoms with Gasteiger partial charge in [0.25, 0.3) is 0 Å². The van der Waals surface area contributed by atoms with Crippen molar-refractivity contribution in [3.05, 3.63) is 53.4 Å². The van der Waals surface area contributed by atoms with Gasteiger partial charge in [0.15, 0.2) is 6.04 Å². The Balaban J connectivity index is 1.68. The van der Waals surface area contributed by atoms with Gasteiger partial charge in [-0.2, -0.15) is 0 Å². The molecule has 22 heavy (non-hydrogen) atoms. The van der Waals surface area contributed by atoms with Gasteiger partial charge in [-0.1, -0.05) is 11.6 Å². The molecule has 0 radical (unpaired) electrons. The highest BCUT2D eigenvalue weighted by Gasteiger charge is 2.32. The van der Waals surface area contributed by atoms with Crippen LogP contribution in [-0.2, 0) is 4.79 Å². The van der Waals surface area contributed by atoms with Crippen LogP contribution < -0.4 is 4.90 Å². The second-order valence-electron chi connectivity index (χ2n) is 5.26. The van der Waals surface area contributed by atoms with Crippen LogP contribution in [0.3, 0.4) is 0 Å². The first-order valence-corrected chi connectivity index (χ1v) is 7.54. The van der Waals surface area contributed by atoms with Crippen molar-refractivity contribution >= 4 is 23.3 Å². The predicted octanol–water partition coefficient (Wildman–Crippen LogP) is 2.88. The molecule has 0 aliphatic carbocycles. The van der Waals surface area contributed by atoms with E-state index in [9.17, 15) is 9.90 Å². The first-order chi connectivity index (χ1) is 10.6. The zero-order chi connectivity index (χ0) is 15.5. The molecule has 1 fully saturated rings. The van der Waals surface area contributed by atoms with Gasteiger partial charge in [0.05, 0.1) is 6.26 Å². The topological polar surface area (TPSA) is 56.9 Å². The van der Waals surface area contributed by atoms with Gasteiger partial charge >= 0.3 is 5.97 Å². The molecule has 1 aromatic heterocycles. The lowest BCUT2D eigenvalue weighted by atomic mass is 10.1. The van der Waals surface area contributed by atoms with Gasteiger partial charge in [-0.15, -0.1) is 0 Å². The normalized spacial score (nSPS) is 17.4. The summed E-state index contributed by atoms with van der Waals surface area (Å²) >= 11 is 5.90. The van der Waals surface area contributed by atoms with E-state index >= 15 is 0 Å². The fourth-order valence-corrected chi connectivity index (χ4v) is 2.92. The summed E-state index contributed by atoms with van der Waals surface area (Å²) in [5, 5.41) is 10.2. The molecule has 6 heteroatoms. The van der Waals surface area contributed by atoms with E-state index in [0.717, 1.165) is 18.8 Å². The molecule has 1 aliphatic heterocycles. The van der Waals surface area contributed by atoms with Crippen LogP contribution >= 0.6 is 11.6 Å². The van der Waals surface area contributed by atoms with Crippen molar-refractivity contribution in [2.75, 3.05) is 31.1 Å². The van der Waals surface area contributed by atoms with Gasteiger partial charge in [-0.25, -0.2) is 0 Å². The molecule has 1 aliphatic rings. The number of benzene rings is 1. The number of carbonyl (C=O) groups is 1. The first-order valence-electron chi connectivity index (χ1n) is 7.16. The summed E-state index contributed by atoms with van der Waals surface area (Å²) in [4.78, 5) is 15.7. The molecule has 0 bridgehead atoms. The van der Waals surface area contributed by atoms with Crippen molar-refractivity contribution in [1.29, 1.82) is 0 Å². The molecule has 0 amide bonds. The van der Waals surface area contributed by atoms with Crippen LogP contribution in [0.25, 0.3) is 0 Å². The molecule has 116 valence electrons. The summed E-state index contributed by atoms with van der Waals surface area (Å²) in [7, 11) is 0. The summed E-state index contributed by atoms with van der Waals surface area (Å²) in [5.41, 5.74) is 1.11. The molecule has 1 aromatic carbocycles. The van der Waals surface area contributed by atoms with E-state index < -0.39 is 12.0 Å². The van der Waals surface area contributed by atoms with Gasteiger partial charge in [-0.3, -0.25) is 9.69 Å². The maximum Gasteiger partial charge on any atom is 0.328 e. The number of rotatable bonds is 4. The quantitative estimate of drug-likeness (QED) is 0.938. The van der Waals surface area contributed by atoms with Crippen molar-refractivity contribution in [3.8, 4) is 0 Å². The van der Waals surface area contributed by atoms with E-state index in [1.165, 1.54) is 6.26 Å². The van der Waals surface area contributed by atoms with Gasteiger partial charge < -0.3 is 14.4 Å².